The molecule has 0 atom stereocenters. The fraction of sp³-hybridized carbons (Fsp3) is 0.579. The summed E-state index contributed by atoms with van der Waals surface area (Å²) in [6, 6.07) is 7.45. The van der Waals surface area contributed by atoms with Crippen molar-refractivity contribution in [2.75, 3.05) is 50.7 Å². The van der Waals surface area contributed by atoms with Gasteiger partial charge in [-0.3, -0.25) is 9.79 Å². The largest absolute Gasteiger partial charge is 0.506 e. The molecular weight excluding hydrogens is 330 g/mol. The van der Waals surface area contributed by atoms with E-state index >= 15 is 0 Å². The van der Waals surface area contributed by atoms with Gasteiger partial charge >= 0.3 is 0 Å². The molecule has 1 aromatic rings. The molecule has 0 bridgehead atoms. The molecule has 1 heterocycles. The van der Waals surface area contributed by atoms with Crippen molar-refractivity contribution in [3.8, 4) is 5.75 Å². The maximum atomic E-state index is 11.6. The molecule has 1 fully saturated rings. The van der Waals surface area contributed by atoms with Gasteiger partial charge in [0.1, 0.15) is 5.75 Å². The number of nitrogens with zero attached hydrogens (tertiary/aromatic N) is 3. The number of phenols is 1. The average Bonchev–Trinajstić information content (AvgIpc) is 2.64. The lowest BCUT2D eigenvalue weighted by Gasteiger charge is -2.37. The number of nitrogens with one attached hydrogen (secondary N) is 2. The Bertz CT molecular complexity index is 610. The van der Waals surface area contributed by atoms with Crippen molar-refractivity contribution in [3.05, 3.63) is 24.3 Å². The summed E-state index contributed by atoms with van der Waals surface area (Å²) in [6.07, 6.45) is 0. The molecule has 1 saturated heterocycles. The number of rotatable bonds is 6. The van der Waals surface area contributed by atoms with Crippen LogP contribution >= 0.6 is 0 Å². The molecule has 1 aromatic carbocycles. The molecule has 7 heteroatoms. The first-order valence-corrected chi connectivity index (χ1v) is 9.36. The monoisotopic (exact) mass is 361 g/mol. The molecule has 26 heavy (non-hydrogen) atoms. The van der Waals surface area contributed by atoms with Gasteiger partial charge in [0.2, 0.25) is 5.91 Å². The molecule has 0 aromatic heterocycles. The van der Waals surface area contributed by atoms with Crippen LogP contribution in [0.5, 0.6) is 5.75 Å². The molecule has 0 saturated carbocycles. The van der Waals surface area contributed by atoms with E-state index in [0.717, 1.165) is 44.4 Å². The minimum atomic E-state index is -0.00491. The number of phenolic OH excluding ortho intramolecular Hbond substituents is 1. The molecule has 1 amide bonds. The lowest BCUT2D eigenvalue weighted by atomic mass is 10.2. The highest BCUT2D eigenvalue weighted by atomic mass is 16.3. The first-order chi connectivity index (χ1) is 12.5. The number of hydrogen-bond donors (Lipinski definition) is 3. The van der Waals surface area contributed by atoms with Gasteiger partial charge in [-0.1, -0.05) is 26.0 Å². The molecule has 144 valence electrons. The van der Waals surface area contributed by atoms with Crippen LogP contribution in [-0.2, 0) is 4.79 Å². The van der Waals surface area contributed by atoms with Crippen molar-refractivity contribution in [1.29, 1.82) is 0 Å². The maximum absolute atomic E-state index is 11.6. The quantitative estimate of drug-likeness (QED) is 0.404. The van der Waals surface area contributed by atoms with Crippen LogP contribution in [0.15, 0.2) is 29.3 Å². The number of aliphatic imine (C=N–C) groups is 1. The summed E-state index contributed by atoms with van der Waals surface area (Å²) >= 11 is 0. The Labute approximate surface area is 156 Å². The van der Waals surface area contributed by atoms with Crippen LogP contribution in [-0.4, -0.2) is 67.7 Å². The summed E-state index contributed by atoms with van der Waals surface area (Å²) in [7, 11) is 0. The first kappa shape index (κ1) is 19.9. The summed E-state index contributed by atoms with van der Waals surface area (Å²) in [6.45, 7) is 11.0. The van der Waals surface area contributed by atoms with Gasteiger partial charge in [-0.05, 0) is 19.1 Å². The second-order valence-electron chi connectivity index (χ2n) is 6.64. The first-order valence-electron chi connectivity index (χ1n) is 9.36. The Morgan fingerprint density at radius 2 is 1.88 bits per heavy atom. The van der Waals surface area contributed by atoms with E-state index in [1.807, 2.05) is 39.0 Å². The summed E-state index contributed by atoms with van der Waals surface area (Å²) in [5, 5.41) is 16.2. The van der Waals surface area contributed by atoms with Crippen molar-refractivity contribution in [2.45, 2.75) is 20.8 Å². The predicted octanol–water partition coefficient (Wildman–Crippen LogP) is 1.25. The van der Waals surface area contributed by atoms with E-state index < -0.39 is 0 Å². The molecule has 1 aliphatic heterocycles. The molecule has 3 N–H and O–H groups in total. The molecule has 0 aliphatic carbocycles. The Morgan fingerprint density at radius 3 is 2.50 bits per heavy atom. The number of benzene rings is 1. The van der Waals surface area contributed by atoms with Crippen molar-refractivity contribution >= 4 is 17.6 Å². The Balaban J connectivity index is 1.88. The van der Waals surface area contributed by atoms with Crippen molar-refractivity contribution < 1.29 is 9.90 Å². The zero-order valence-corrected chi connectivity index (χ0v) is 16.0. The zero-order valence-electron chi connectivity index (χ0n) is 16.0. The number of carbonyl (C=O) groups excluding carboxylic acids is 1. The van der Waals surface area contributed by atoms with Crippen molar-refractivity contribution in [1.82, 2.24) is 15.5 Å². The third-order valence-corrected chi connectivity index (χ3v) is 4.33. The fourth-order valence-corrected chi connectivity index (χ4v) is 2.86. The highest BCUT2D eigenvalue weighted by Gasteiger charge is 2.21. The molecule has 0 unspecified atom stereocenters. The van der Waals surface area contributed by atoms with Gasteiger partial charge in [0.05, 0.1) is 12.2 Å². The summed E-state index contributed by atoms with van der Waals surface area (Å²) in [5.41, 5.74) is 0.880. The number of amides is 1. The SMILES string of the molecule is CCNC(=NCCNC(=O)C(C)C)N1CCN(c2ccccc2O)CC1. The minimum absolute atomic E-state index is 0.00491. The second-order valence-corrected chi connectivity index (χ2v) is 6.64. The van der Waals surface area contributed by atoms with E-state index in [9.17, 15) is 9.90 Å². The van der Waals surface area contributed by atoms with Crippen LogP contribution in [0, 0.1) is 5.92 Å². The Hall–Kier alpha value is -2.44. The van der Waals surface area contributed by atoms with E-state index in [1.165, 1.54) is 0 Å². The smallest absolute Gasteiger partial charge is 0.222 e. The molecule has 7 nitrogen and oxygen atoms in total. The van der Waals surface area contributed by atoms with E-state index in [1.54, 1.807) is 6.07 Å². The number of aromatic hydroxyl groups is 1. The van der Waals surface area contributed by atoms with Gasteiger partial charge in [-0.15, -0.1) is 0 Å². The molecule has 1 aliphatic rings. The lowest BCUT2D eigenvalue weighted by Crippen LogP contribution is -2.52. The number of para-hydroxylation sites is 2. The molecule has 2 rings (SSSR count). The summed E-state index contributed by atoms with van der Waals surface area (Å²) in [5.74, 6) is 1.25. The number of guanidine groups is 1. The third-order valence-electron chi connectivity index (χ3n) is 4.33. The minimum Gasteiger partial charge on any atom is -0.506 e. The Kier molecular flexibility index (Phi) is 7.56. The van der Waals surface area contributed by atoms with Crippen LogP contribution in [0.1, 0.15) is 20.8 Å². The topological polar surface area (TPSA) is 80.2 Å². The highest BCUT2D eigenvalue weighted by molar-refractivity contribution is 5.80. The number of hydrogen-bond acceptors (Lipinski definition) is 4. The van der Waals surface area contributed by atoms with Crippen LogP contribution in [0.2, 0.25) is 0 Å². The molecule has 0 radical (unpaired) electrons. The van der Waals surface area contributed by atoms with Crippen molar-refractivity contribution in [2.24, 2.45) is 10.9 Å². The van der Waals surface area contributed by atoms with E-state index in [0.29, 0.717) is 18.8 Å². The van der Waals surface area contributed by atoms with Crippen molar-refractivity contribution in [3.63, 3.8) is 0 Å². The standard InChI is InChI=1S/C19H31N5O2/c1-4-20-19(22-10-9-21-18(26)15(2)3)24-13-11-23(12-14-24)16-7-5-6-8-17(16)25/h5-8,15,25H,4,9-14H2,1-3H3,(H,20,22)(H,21,26). The highest BCUT2D eigenvalue weighted by Crippen LogP contribution is 2.27. The average molecular weight is 361 g/mol. The number of piperazine rings is 1. The molecule has 0 spiro atoms. The zero-order chi connectivity index (χ0) is 18.9. The number of anilines is 1. The van der Waals surface area contributed by atoms with E-state index in [4.69, 9.17) is 0 Å². The van der Waals surface area contributed by atoms with Crippen LogP contribution in [0.25, 0.3) is 0 Å². The molecular formula is C19H31N5O2. The van der Waals surface area contributed by atoms with Gasteiger partial charge < -0.3 is 25.5 Å². The van der Waals surface area contributed by atoms with Gasteiger partial charge in [0.15, 0.2) is 5.96 Å². The van der Waals surface area contributed by atoms with Gasteiger partial charge in [0.25, 0.3) is 0 Å². The fourth-order valence-electron chi connectivity index (χ4n) is 2.86. The van der Waals surface area contributed by atoms with Crippen LogP contribution in [0.3, 0.4) is 0 Å². The van der Waals surface area contributed by atoms with Gasteiger partial charge in [0, 0.05) is 45.2 Å². The van der Waals surface area contributed by atoms with Crippen LogP contribution < -0.4 is 15.5 Å². The predicted molar refractivity (Wildman–Crippen MR) is 106 cm³/mol. The lowest BCUT2D eigenvalue weighted by molar-refractivity contribution is -0.123. The Morgan fingerprint density at radius 1 is 1.19 bits per heavy atom. The van der Waals surface area contributed by atoms with E-state index in [-0.39, 0.29) is 11.8 Å². The summed E-state index contributed by atoms with van der Waals surface area (Å²) < 4.78 is 0. The maximum Gasteiger partial charge on any atom is 0.222 e. The third kappa shape index (κ3) is 5.54. The van der Waals surface area contributed by atoms with Gasteiger partial charge in [-0.25, -0.2) is 0 Å². The van der Waals surface area contributed by atoms with Crippen LogP contribution in [0.4, 0.5) is 5.69 Å². The summed E-state index contributed by atoms with van der Waals surface area (Å²) in [4.78, 5) is 20.7. The van der Waals surface area contributed by atoms with E-state index in [2.05, 4.69) is 25.4 Å². The second kappa shape index (κ2) is 9.89. The number of carbonyl (C=O) groups is 1. The van der Waals surface area contributed by atoms with Gasteiger partial charge in [-0.2, -0.15) is 0 Å². The normalized spacial score (nSPS) is 15.3.